The maximum absolute atomic E-state index is 10.9. The highest BCUT2D eigenvalue weighted by Crippen LogP contribution is 2.34. The number of alkyl carbamates (subject to hydrolysis) is 1. The topological polar surface area (TPSA) is 38.3 Å². The van der Waals surface area contributed by atoms with E-state index in [9.17, 15) is 4.79 Å². The number of hydrogen-bond donors (Lipinski definition) is 1. The smallest absolute Gasteiger partial charge is 0.407 e. The Balaban J connectivity index is 2.23. The second kappa shape index (κ2) is 3.11. The zero-order valence-corrected chi connectivity index (χ0v) is 7.14. The van der Waals surface area contributed by atoms with Gasteiger partial charge >= 0.3 is 6.09 Å². The molecule has 0 unspecified atom stereocenters. The lowest BCUT2D eigenvalue weighted by Crippen LogP contribution is -2.41. The molecule has 0 aromatic heterocycles. The summed E-state index contributed by atoms with van der Waals surface area (Å²) >= 11 is 0. The van der Waals surface area contributed by atoms with Crippen LogP contribution in [0.5, 0.6) is 0 Å². The highest BCUT2D eigenvalue weighted by molar-refractivity contribution is 5.67. The summed E-state index contributed by atoms with van der Waals surface area (Å²) < 4.78 is 5.16. The van der Waals surface area contributed by atoms with Crippen molar-refractivity contribution in [3.8, 4) is 0 Å². The molecule has 0 bridgehead atoms. The average Bonchev–Trinajstić information content (AvgIpc) is 1.85. The standard InChI is InChI=1S/C8H15NO2/c1-3-9-7(10)11-8(2)5-4-6-8/h3-6H2,1-2H3,(H,9,10). The van der Waals surface area contributed by atoms with Gasteiger partial charge in [-0.3, -0.25) is 0 Å². The molecule has 3 nitrogen and oxygen atoms in total. The first kappa shape index (κ1) is 8.37. The predicted molar refractivity (Wildman–Crippen MR) is 42.4 cm³/mol. The molecule has 0 aromatic rings. The number of ether oxygens (including phenoxy) is 1. The van der Waals surface area contributed by atoms with Gasteiger partial charge in [0.1, 0.15) is 5.60 Å². The highest BCUT2D eigenvalue weighted by atomic mass is 16.6. The van der Waals surface area contributed by atoms with Gasteiger partial charge in [0.05, 0.1) is 0 Å². The molecular weight excluding hydrogens is 142 g/mol. The van der Waals surface area contributed by atoms with Gasteiger partial charge in [0, 0.05) is 6.54 Å². The van der Waals surface area contributed by atoms with Crippen molar-refractivity contribution < 1.29 is 9.53 Å². The van der Waals surface area contributed by atoms with Crippen LogP contribution in [0.15, 0.2) is 0 Å². The van der Waals surface area contributed by atoms with Gasteiger partial charge in [-0.25, -0.2) is 4.79 Å². The lowest BCUT2D eigenvalue weighted by Gasteiger charge is -2.37. The Morgan fingerprint density at radius 1 is 1.64 bits per heavy atom. The van der Waals surface area contributed by atoms with Gasteiger partial charge in [-0.2, -0.15) is 0 Å². The molecular formula is C8H15NO2. The van der Waals surface area contributed by atoms with E-state index in [4.69, 9.17) is 4.74 Å². The zero-order valence-electron chi connectivity index (χ0n) is 7.14. The Morgan fingerprint density at radius 2 is 2.27 bits per heavy atom. The van der Waals surface area contributed by atoms with Crippen molar-refractivity contribution in [2.24, 2.45) is 0 Å². The maximum atomic E-state index is 10.9. The van der Waals surface area contributed by atoms with E-state index in [2.05, 4.69) is 5.32 Å². The van der Waals surface area contributed by atoms with Crippen molar-refractivity contribution in [3.63, 3.8) is 0 Å². The van der Waals surface area contributed by atoms with E-state index < -0.39 is 0 Å². The van der Waals surface area contributed by atoms with Crippen LogP contribution in [0.3, 0.4) is 0 Å². The van der Waals surface area contributed by atoms with Gasteiger partial charge in [0.15, 0.2) is 0 Å². The summed E-state index contributed by atoms with van der Waals surface area (Å²) in [7, 11) is 0. The molecule has 1 saturated carbocycles. The second-order valence-electron chi connectivity index (χ2n) is 3.22. The minimum absolute atomic E-state index is 0.167. The Hall–Kier alpha value is -0.730. The first-order valence-corrected chi connectivity index (χ1v) is 4.13. The van der Waals surface area contributed by atoms with Gasteiger partial charge in [-0.1, -0.05) is 0 Å². The first-order chi connectivity index (χ1) is 5.16. The molecule has 0 aromatic carbocycles. The number of rotatable bonds is 2. The van der Waals surface area contributed by atoms with E-state index in [0.29, 0.717) is 6.54 Å². The van der Waals surface area contributed by atoms with Gasteiger partial charge in [-0.15, -0.1) is 0 Å². The minimum Gasteiger partial charge on any atom is -0.443 e. The Bertz CT molecular complexity index is 152. The fourth-order valence-corrected chi connectivity index (χ4v) is 1.18. The molecule has 64 valence electrons. The van der Waals surface area contributed by atoms with E-state index >= 15 is 0 Å². The van der Waals surface area contributed by atoms with Gasteiger partial charge in [0.2, 0.25) is 0 Å². The highest BCUT2D eigenvalue weighted by Gasteiger charge is 2.35. The van der Waals surface area contributed by atoms with Crippen LogP contribution in [-0.2, 0) is 4.74 Å². The summed E-state index contributed by atoms with van der Waals surface area (Å²) in [5, 5.41) is 2.61. The summed E-state index contributed by atoms with van der Waals surface area (Å²) in [4.78, 5) is 10.9. The maximum Gasteiger partial charge on any atom is 0.407 e. The number of nitrogens with one attached hydrogen (secondary N) is 1. The third kappa shape index (κ3) is 2.10. The third-order valence-corrected chi connectivity index (χ3v) is 2.07. The van der Waals surface area contributed by atoms with E-state index in [1.807, 2.05) is 13.8 Å². The number of carbonyl (C=O) groups excluding carboxylic acids is 1. The summed E-state index contributed by atoms with van der Waals surface area (Å²) in [6, 6.07) is 0. The van der Waals surface area contributed by atoms with Crippen molar-refractivity contribution in [1.82, 2.24) is 5.32 Å². The Labute approximate surface area is 67.1 Å². The molecule has 0 saturated heterocycles. The molecule has 1 rings (SSSR count). The van der Waals surface area contributed by atoms with E-state index in [0.717, 1.165) is 12.8 Å². The van der Waals surface area contributed by atoms with Gasteiger partial charge in [-0.05, 0) is 33.1 Å². The fraction of sp³-hybridized carbons (Fsp3) is 0.875. The minimum atomic E-state index is -0.283. The lowest BCUT2D eigenvalue weighted by molar-refractivity contribution is -0.0319. The molecule has 1 fully saturated rings. The molecule has 0 spiro atoms. The van der Waals surface area contributed by atoms with E-state index in [-0.39, 0.29) is 11.7 Å². The molecule has 1 N–H and O–H groups in total. The van der Waals surface area contributed by atoms with Gasteiger partial charge in [0.25, 0.3) is 0 Å². The number of hydrogen-bond acceptors (Lipinski definition) is 2. The van der Waals surface area contributed by atoms with Crippen molar-refractivity contribution >= 4 is 6.09 Å². The number of carbonyl (C=O) groups is 1. The molecule has 1 amide bonds. The average molecular weight is 157 g/mol. The van der Waals surface area contributed by atoms with Crippen LogP contribution in [0.1, 0.15) is 33.1 Å². The monoisotopic (exact) mass is 157 g/mol. The molecule has 1 aliphatic rings. The molecule has 3 heteroatoms. The second-order valence-corrected chi connectivity index (χ2v) is 3.22. The molecule has 0 aliphatic heterocycles. The van der Waals surface area contributed by atoms with Crippen molar-refractivity contribution in [2.75, 3.05) is 6.54 Å². The van der Waals surface area contributed by atoms with Crippen LogP contribution < -0.4 is 5.32 Å². The summed E-state index contributed by atoms with van der Waals surface area (Å²) in [5.74, 6) is 0. The first-order valence-electron chi connectivity index (χ1n) is 4.13. The molecule has 0 atom stereocenters. The molecule has 0 radical (unpaired) electrons. The van der Waals surface area contributed by atoms with Crippen LogP contribution in [0, 0.1) is 0 Å². The summed E-state index contributed by atoms with van der Waals surface area (Å²) in [6.45, 7) is 4.49. The third-order valence-electron chi connectivity index (χ3n) is 2.07. The van der Waals surface area contributed by atoms with Crippen molar-refractivity contribution in [1.29, 1.82) is 0 Å². The van der Waals surface area contributed by atoms with Crippen molar-refractivity contribution in [2.45, 2.75) is 38.7 Å². The van der Waals surface area contributed by atoms with Crippen LogP contribution in [-0.4, -0.2) is 18.2 Å². The predicted octanol–water partition coefficient (Wildman–Crippen LogP) is 1.68. The summed E-state index contributed by atoms with van der Waals surface area (Å²) in [6.07, 6.45) is 2.90. The zero-order chi connectivity index (χ0) is 8.32. The van der Waals surface area contributed by atoms with Crippen molar-refractivity contribution in [3.05, 3.63) is 0 Å². The normalized spacial score (nSPS) is 20.2. The fourth-order valence-electron chi connectivity index (χ4n) is 1.18. The SMILES string of the molecule is CCNC(=O)OC1(C)CCC1. The van der Waals surface area contributed by atoms with Crippen LogP contribution in [0.2, 0.25) is 0 Å². The van der Waals surface area contributed by atoms with Crippen LogP contribution in [0.4, 0.5) is 4.79 Å². The van der Waals surface area contributed by atoms with Crippen LogP contribution >= 0.6 is 0 Å². The van der Waals surface area contributed by atoms with Gasteiger partial charge < -0.3 is 10.1 Å². The molecule has 11 heavy (non-hydrogen) atoms. The summed E-state index contributed by atoms with van der Waals surface area (Å²) in [5.41, 5.74) is -0.167. The molecule has 1 aliphatic carbocycles. The molecule has 0 heterocycles. The van der Waals surface area contributed by atoms with E-state index in [1.165, 1.54) is 6.42 Å². The Morgan fingerprint density at radius 3 is 2.64 bits per heavy atom. The quantitative estimate of drug-likeness (QED) is 0.662. The Kier molecular flexibility index (Phi) is 2.37. The van der Waals surface area contributed by atoms with E-state index in [1.54, 1.807) is 0 Å². The largest absolute Gasteiger partial charge is 0.443 e. The number of amides is 1. The lowest BCUT2D eigenvalue weighted by atomic mass is 9.82. The van der Waals surface area contributed by atoms with Crippen LogP contribution in [0.25, 0.3) is 0 Å².